The summed E-state index contributed by atoms with van der Waals surface area (Å²) in [5.74, 6) is 0.836. The number of hydrogen-bond acceptors (Lipinski definition) is 4. The van der Waals surface area contributed by atoms with Gasteiger partial charge in [-0.2, -0.15) is 11.3 Å². The van der Waals surface area contributed by atoms with Crippen LogP contribution in [0.3, 0.4) is 0 Å². The zero-order valence-electron chi connectivity index (χ0n) is 11.6. The van der Waals surface area contributed by atoms with Gasteiger partial charge >= 0.3 is 0 Å². The van der Waals surface area contributed by atoms with Gasteiger partial charge in [0.15, 0.2) is 5.82 Å². The third-order valence-corrected chi connectivity index (χ3v) is 4.68. The summed E-state index contributed by atoms with van der Waals surface area (Å²) in [6, 6.07) is 0.0661. The summed E-state index contributed by atoms with van der Waals surface area (Å²) in [5.41, 5.74) is 11.1. The van der Waals surface area contributed by atoms with Gasteiger partial charge in [-0.25, -0.2) is 9.97 Å². The van der Waals surface area contributed by atoms with Crippen molar-refractivity contribution in [2.45, 2.75) is 39.7 Å². The van der Waals surface area contributed by atoms with Crippen molar-refractivity contribution < 1.29 is 0 Å². The molecule has 4 heteroatoms. The van der Waals surface area contributed by atoms with Crippen LogP contribution in [0.4, 0.5) is 0 Å². The smallest absolute Gasteiger partial charge is 0.160 e. The molecule has 1 aliphatic carbocycles. The molecular formula is C15H19N3S. The van der Waals surface area contributed by atoms with Crippen LogP contribution in [0.5, 0.6) is 0 Å². The number of thiophene rings is 1. The van der Waals surface area contributed by atoms with Gasteiger partial charge in [-0.3, -0.25) is 0 Å². The topological polar surface area (TPSA) is 51.8 Å². The molecule has 1 atom stereocenters. The predicted molar refractivity (Wildman–Crippen MR) is 79.1 cm³/mol. The molecule has 0 aromatic carbocycles. The monoisotopic (exact) mass is 273 g/mol. The highest BCUT2D eigenvalue weighted by molar-refractivity contribution is 7.08. The van der Waals surface area contributed by atoms with Crippen LogP contribution in [-0.2, 0) is 6.42 Å². The summed E-state index contributed by atoms with van der Waals surface area (Å²) in [7, 11) is 0. The fourth-order valence-corrected chi connectivity index (χ4v) is 3.65. The molecule has 0 spiro atoms. The molecule has 2 aromatic rings. The average molecular weight is 273 g/mol. The molecule has 1 unspecified atom stereocenters. The molecule has 0 saturated carbocycles. The maximum Gasteiger partial charge on any atom is 0.160 e. The molecule has 19 heavy (non-hydrogen) atoms. The van der Waals surface area contributed by atoms with Crippen LogP contribution in [-0.4, -0.2) is 9.97 Å². The van der Waals surface area contributed by atoms with Crippen LogP contribution in [0.25, 0.3) is 11.4 Å². The number of aryl methyl sites for hydroxylation is 1. The van der Waals surface area contributed by atoms with Gasteiger partial charge in [0, 0.05) is 34.4 Å². The maximum atomic E-state index is 6.24. The second-order valence-electron chi connectivity index (χ2n) is 6.22. The largest absolute Gasteiger partial charge is 0.324 e. The van der Waals surface area contributed by atoms with E-state index in [2.05, 4.69) is 36.5 Å². The van der Waals surface area contributed by atoms with Crippen LogP contribution in [0.15, 0.2) is 17.0 Å². The van der Waals surface area contributed by atoms with Crippen LogP contribution in [0, 0.1) is 12.3 Å². The first-order valence-electron chi connectivity index (χ1n) is 6.61. The van der Waals surface area contributed by atoms with Crippen LogP contribution >= 0.6 is 11.3 Å². The molecule has 0 radical (unpaired) electrons. The number of fused-ring (bicyclic) bond motifs is 1. The third-order valence-electron chi connectivity index (χ3n) is 3.81. The highest BCUT2D eigenvalue weighted by Crippen LogP contribution is 2.39. The van der Waals surface area contributed by atoms with E-state index in [-0.39, 0.29) is 11.5 Å². The quantitative estimate of drug-likeness (QED) is 0.865. The normalized spacial score (nSPS) is 21.2. The Bertz CT molecular complexity index is 616. The molecule has 2 N–H and O–H groups in total. The molecule has 3 rings (SSSR count). The van der Waals surface area contributed by atoms with Crippen molar-refractivity contribution >= 4 is 11.3 Å². The van der Waals surface area contributed by atoms with Gasteiger partial charge in [-0.1, -0.05) is 13.8 Å². The summed E-state index contributed by atoms with van der Waals surface area (Å²) in [6.07, 6.45) is 3.91. The van der Waals surface area contributed by atoms with E-state index in [1.54, 1.807) is 11.3 Å². The Morgan fingerprint density at radius 2 is 2.16 bits per heavy atom. The van der Waals surface area contributed by atoms with Crippen molar-refractivity contribution in [2.75, 3.05) is 0 Å². The number of nitrogens with zero attached hydrogens (tertiary/aromatic N) is 2. The summed E-state index contributed by atoms with van der Waals surface area (Å²) in [6.45, 7) is 6.62. The minimum Gasteiger partial charge on any atom is -0.324 e. The summed E-state index contributed by atoms with van der Waals surface area (Å²) >= 11 is 1.69. The molecule has 0 fully saturated rings. The zero-order chi connectivity index (χ0) is 13.6. The van der Waals surface area contributed by atoms with Crippen molar-refractivity contribution in [3.05, 3.63) is 33.8 Å². The molecule has 0 aliphatic heterocycles. The minimum atomic E-state index is 0.0661. The first-order valence-corrected chi connectivity index (χ1v) is 7.55. The summed E-state index contributed by atoms with van der Waals surface area (Å²) < 4.78 is 0. The molecule has 1 aliphatic rings. The second kappa shape index (κ2) is 4.39. The van der Waals surface area contributed by atoms with Crippen molar-refractivity contribution in [3.8, 4) is 11.4 Å². The Hall–Kier alpha value is -1.26. The highest BCUT2D eigenvalue weighted by Gasteiger charge is 2.31. The number of hydrogen-bond donors (Lipinski definition) is 1. The molecule has 0 bridgehead atoms. The Morgan fingerprint density at radius 1 is 1.37 bits per heavy atom. The van der Waals surface area contributed by atoms with E-state index in [9.17, 15) is 0 Å². The third kappa shape index (κ3) is 2.30. The minimum absolute atomic E-state index is 0.0661. The molecule has 100 valence electrons. The van der Waals surface area contributed by atoms with Crippen molar-refractivity contribution in [2.24, 2.45) is 11.1 Å². The maximum absolute atomic E-state index is 6.24. The molecular weight excluding hydrogens is 254 g/mol. The number of rotatable bonds is 1. The second-order valence-corrected chi connectivity index (χ2v) is 6.96. The predicted octanol–water partition coefficient (Wildman–Crippen LogP) is 3.49. The summed E-state index contributed by atoms with van der Waals surface area (Å²) in [5, 5.41) is 4.25. The lowest BCUT2D eigenvalue weighted by Crippen LogP contribution is -2.30. The Morgan fingerprint density at radius 3 is 2.84 bits per heavy atom. The first-order chi connectivity index (χ1) is 8.96. The molecule has 0 saturated heterocycles. The lowest BCUT2D eigenvalue weighted by molar-refractivity contribution is 0.278. The Labute approximate surface area is 117 Å². The Balaban J connectivity index is 2.07. The average Bonchev–Trinajstić information content (AvgIpc) is 2.73. The molecule has 3 nitrogen and oxygen atoms in total. The standard InChI is InChI=1S/C15H19N3S/c1-9-7-19-8-11(9)14-17-6-10-12(16)4-15(2,3)5-13(10)18-14/h6-8,12H,4-5,16H2,1-3H3. The van der Waals surface area contributed by atoms with Gasteiger partial charge in [0.05, 0.1) is 0 Å². The van der Waals surface area contributed by atoms with Gasteiger partial charge < -0.3 is 5.73 Å². The van der Waals surface area contributed by atoms with Gasteiger partial charge in [0.2, 0.25) is 0 Å². The SMILES string of the molecule is Cc1cscc1-c1ncc2c(n1)CC(C)(C)CC2N. The van der Waals surface area contributed by atoms with Crippen LogP contribution in [0.1, 0.15) is 43.1 Å². The lowest BCUT2D eigenvalue weighted by atomic mass is 9.74. The van der Waals surface area contributed by atoms with E-state index in [0.717, 1.165) is 35.5 Å². The van der Waals surface area contributed by atoms with E-state index in [0.29, 0.717) is 0 Å². The first kappa shape index (κ1) is 12.8. The fraction of sp³-hybridized carbons (Fsp3) is 0.467. The zero-order valence-corrected chi connectivity index (χ0v) is 12.4. The Kier molecular flexibility index (Phi) is 2.95. The molecule has 2 aromatic heterocycles. The van der Waals surface area contributed by atoms with Crippen molar-refractivity contribution in [1.82, 2.24) is 9.97 Å². The van der Waals surface area contributed by atoms with Crippen LogP contribution < -0.4 is 5.73 Å². The van der Waals surface area contributed by atoms with Gasteiger partial charge in [0.25, 0.3) is 0 Å². The lowest BCUT2D eigenvalue weighted by Gasteiger charge is -2.34. The summed E-state index contributed by atoms with van der Waals surface area (Å²) in [4.78, 5) is 9.29. The van der Waals surface area contributed by atoms with E-state index in [4.69, 9.17) is 10.7 Å². The highest BCUT2D eigenvalue weighted by atomic mass is 32.1. The van der Waals surface area contributed by atoms with Crippen LogP contribution in [0.2, 0.25) is 0 Å². The van der Waals surface area contributed by atoms with E-state index < -0.39 is 0 Å². The number of aromatic nitrogens is 2. The van der Waals surface area contributed by atoms with Gasteiger partial charge in [-0.15, -0.1) is 0 Å². The molecule has 0 amide bonds. The van der Waals surface area contributed by atoms with Gasteiger partial charge in [0.1, 0.15) is 0 Å². The van der Waals surface area contributed by atoms with E-state index in [1.165, 1.54) is 5.56 Å². The molecule has 2 heterocycles. The van der Waals surface area contributed by atoms with Gasteiger partial charge in [-0.05, 0) is 36.1 Å². The van der Waals surface area contributed by atoms with Crippen molar-refractivity contribution in [3.63, 3.8) is 0 Å². The fourth-order valence-electron chi connectivity index (χ4n) is 2.83. The van der Waals surface area contributed by atoms with E-state index in [1.807, 2.05) is 6.20 Å². The van der Waals surface area contributed by atoms with Crippen molar-refractivity contribution in [1.29, 1.82) is 0 Å². The number of nitrogens with two attached hydrogens (primary N) is 1. The van der Waals surface area contributed by atoms with E-state index >= 15 is 0 Å².